The molecule has 1 heterocycles. The minimum atomic E-state index is -0.0529. The van der Waals surface area contributed by atoms with Crippen LogP contribution in [0.2, 0.25) is 5.02 Å². The van der Waals surface area contributed by atoms with Crippen LogP contribution >= 0.6 is 23.4 Å². The Morgan fingerprint density at radius 2 is 2.12 bits per heavy atom. The molecule has 6 heteroatoms. The van der Waals surface area contributed by atoms with Crippen LogP contribution in [0.5, 0.6) is 0 Å². The van der Waals surface area contributed by atoms with Crippen LogP contribution in [0.4, 0.5) is 5.69 Å². The van der Waals surface area contributed by atoms with Crippen LogP contribution in [0.15, 0.2) is 42.5 Å². The average Bonchev–Trinajstić information content (AvgIpc) is 3.00. The summed E-state index contributed by atoms with van der Waals surface area (Å²) in [4.78, 5) is 20.0. The highest BCUT2D eigenvalue weighted by Crippen LogP contribution is 2.28. The van der Waals surface area contributed by atoms with Gasteiger partial charge in [-0.25, -0.2) is 4.98 Å². The van der Waals surface area contributed by atoms with E-state index in [4.69, 9.17) is 11.6 Å². The van der Waals surface area contributed by atoms with Crippen LogP contribution in [0.3, 0.4) is 0 Å². The molecule has 3 rings (SSSR count). The van der Waals surface area contributed by atoms with Gasteiger partial charge in [0.05, 0.1) is 22.0 Å². The molecule has 4 nitrogen and oxygen atoms in total. The van der Waals surface area contributed by atoms with Crippen molar-refractivity contribution in [3.05, 3.63) is 58.9 Å². The van der Waals surface area contributed by atoms with Gasteiger partial charge in [-0.05, 0) is 43.7 Å². The quantitative estimate of drug-likeness (QED) is 0.677. The van der Waals surface area contributed by atoms with Gasteiger partial charge in [0.15, 0.2) is 0 Å². The van der Waals surface area contributed by atoms with Crippen LogP contribution in [-0.4, -0.2) is 21.6 Å². The number of H-pyrrole nitrogens is 1. The Hall–Kier alpha value is -1.98. The molecular formula is C18H18ClN3OS. The number of aryl methyl sites for hydroxylation is 1. The van der Waals surface area contributed by atoms with Crippen LogP contribution in [-0.2, 0) is 4.79 Å². The molecule has 24 heavy (non-hydrogen) atoms. The average molecular weight is 360 g/mol. The Morgan fingerprint density at radius 3 is 2.88 bits per heavy atom. The monoisotopic (exact) mass is 359 g/mol. The maximum Gasteiger partial charge on any atom is 0.234 e. The zero-order valence-corrected chi connectivity index (χ0v) is 15.0. The second-order valence-corrected chi connectivity index (χ2v) is 7.34. The highest BCUT2D eigenvalue weighted by Gasteiger charge is 2.13. The van der Waals surface area contributed by atoms with Crippen molar-refractivity contribution in [2.45, 2.75) is 19.1 Å². The van der Waals surface area contributed by atoms with Crippen molar-refractivity contribution >= 4 is 46.0 Å². The Labute approximate surface area is 150 Å². The Morgan fingerprint density at radius 1 is 1.33 bits per heavy atom. The van der Waals surface area contributed by atoms with Gasteiger partial charge in [-0.1, -0.05) is 29.8 Å². The SMILES string of the molecule is Cc1ccc(NC(=O)CSC(C)c2nc3ccccc3[nH]2)cc1Cl. The van der Waals surface area contributed by atoms with Gasteiger partial charge in [0, 0.05) is 10.7 Å². The van der Waals surface area contributed by atoms with Crippen molar-refractivity contribution in [2.75, 3.05) is 11.1 Å². The summed E-state index contributed by atoms with van der Waals surface area (Å²) in [6.45, 7) is 3.97. The van der Waals surface area contributed by atoms with Crippen LogP contribution in [0.25, 0.3) is 11.0 Å². The fraction of sp³-hybridized carbons (Fsp3) is 0.222. The molecule has 1 aromatic heterocycles. The van der Waals surface area contributed by atoms with Gasteiger partial charge < -0.3 is 10.3 Å². The van der Waals surface area contributed by atoms with E-state index >= 15 is 0 Å². The van der Waals surface area contributed by atoms with Gasteiger partial charge >= 0.3 is 0 Å². The molecule has 1 atom stereocenters. The third-order valence-corrected chi connectivity index (χ3v) is 5.27. The minimum absolute atomic E-state index is 0.0529. The zero-order chi connectivity index (χ0) is 17.1. The van der Waals surface area contributed by atoms with Gasteiger partial charge in [0.25, 0.3) is 0 Å². The van der Waals surface area contributed by atoms with E-state index in [0.29, 0.717) is 16.5 Å². The number of aromatic nitrogens is 2. The number of hydrogen-bond acceptors (Lipinski definition) is 3. The van der Waals surface area contributed by atoms with E-state index in [1.165, 1.54) is 0 Å². The summed E-state index contributed by atoms with van der Waals surface area (Å²) in [5.41, 5.74) is 3.66. The second kappa shape index (κ2) is 7.28. The van der Waals surface area contributed by atoms with E-state index < -0.39 is 0 Å². The lowest BCUT2D eigenvalue weighted by Gasteiger charge is -2.09. The number of thioether (sulfide) groups is 1. The molecule has 2 aromatic carbocycles. The number of fused-ring (bicyclic) bond motifs is 1. The summed E-state index contributed by atoms with van der Waals surface area (Å²) in [5, 5.41) is 3.62. The second-order valence-electron chi connectivity index (χ2n) is 5.60. The number of halogens is 1. The van der Waals surface area contributed by atoms with Crippen molar-refractivity contribution in [3.8, 4) is 0 Å². The van der Waals surface area contributed by atoms with Gasteiger partial charge in [0.2, 0.25) is 5.91 Å². The first-order chi connectivity index (χ1) is 11.5. The highest BCUT2D eigenvalue weighted by molar-refractivity contribution is 8.00. The molecule has 0 saturated carbocycles. The number of rotatable bonds is 5. The normalized spacial score (nSPS) is 12.3. The van der Waals surface area contributed by atoms with Gasteiger partial charge in [-0.15, -0.1) is 11.8 Å². The molecule has 0 spiro atoms. The van der Waals surface area contributed by atoms with Crippen LogP contribution in [0.1, 0.15) is 23.6 Å². The van der Waals surface area contributed by atoms with Crippen molar-refractivity contribution in [2.24, 2.45) is 0 Å². The molecule has 0 radical (unpaired) electrons. The Balaban J connectivity index is 1.58. The number of anilines is 1. The van der Waals surface area contributed by atoms with E-state index in [-0.39, 0.29) is 11.2 Å². The van der Waals surface area contributed by atoms with E-state index in [9.17, 15) is 4.79 Å². The molecule has 2 N–H and O–H groups in total. The van der Waals surface area contributed by atoms with Gasteiger partial charge in [-0.3, -0.25) is 4.79 Å². The largest absolute Gasteiger partial charge is 0.341 e. The molecular weight excluding hydrogens is 342 g/mol. The molecule has 0 fully saturated rings. The van der Waals surface area contributed by atoms with Crippen molar-refractivity contribution in [1.29, 1.82) is 0 Å². The molecule has 0 aliphatic heterocycles. The molecule has 0 bridgehead atoms. The first-order valence-electron chi connectivity index (χ1n) is 7.65. The third kappa shape index (κ3) is 3.91. The fourth-order valence-corrected chi connectivity index (χ4v) is 3.24. The molecule has 1 unspecified atom stereocenters. The molecule has 124 valence electrons. The number of nitrogens with one attached hydrogen (secondary N) is 2. The Kier molecular flexibility index (Phi) is 5.11. The van der Waals surface area contributed by atoms with E-state index in [1.807, 2.05) is 50.2 Å². The molecule has 3 aromatic rings. The highest BCUT2D eigenvalue weighted by atomic mass is 35.5. The first-order valence-corrected chi connectivity index (χ1v) is 9.08. The lowest BCUT2D eigenvalue weighted by atomic mass is 10.2. The number of aromatic amines is 1. The summed E-state index contributed by atoms with van der Waals surface area (Å²) >= 11 is 7.62. The summed E-state index contributed by atoms with van der Waals surface area (Å²) in [7, 11) is 0. The van der Waals surface area contributed by atoms with Crippen LogP contribution in [0, 0.1) is 6.92 Å². The number of nitrogens with zero attached hydrogens (tertiary/aromatic N) is 1. The van der Waals surface area contributed by atoms with E-state index in [1.54, 1.807) is 17.8 Å². The smallest absolute Gasteiger partial charge is 0.234 e. The number of para-hydroxylation sites is 2. The predicted molar refractivity (Wildman–Crippen MR) is 102 cm³/mol. The number of amides is 1. The summed E-state index contributed by atoms with van der Waals surface area (Å²) in [5.74, 6) is 1.18. The molecule has 0 aliphatic carbocycles. The maximum atomic E-state index is 12.1. The molecule has 0 saturated heterocycles. The number of imidazole rings is 1. The number of benzene rings is 2. The predicted octanol–water partition coefficient (Wildman–Crippen LogP) is 4.96. The minimum Gasteiger partial charge on any atom is -0.341 e. The third-order valence-electron chi connectivity index (χ3n) is 3.71. The number of carbonyl (C=O) groups excluding carboxylic acids is 1. The van der Waals surface area contributed by atoms with E-state index in [2.05, 4.69) is 15.3 Å². The molecule has 1 amide bonds. The zero-order valence-electron chi connectivity index (χ0n) is 13.5. The maximum absolute atomic E-state index is 12.1. The summed E-state index contributed by atoms with van der Waals surface area (Å²) in [6, 6.07) is 13.4. The lowest BCUT2D eigenvalue weighted by Crippen LogP contribution is -2.14. The number of hydrogen-bond donors (Lipinski definition) is 2. The fourth-order valence-electron chi connectivity index (χ4n) is 2.31. The Bertz CT molecular complexity index is 845. The van der Waals surface area contributed by atoms with Gasteiger partial charge in [-0.2, -0.15) is 0 Å². The van der Waals surface area contributed by atoms with Crippen LogP contribution < -0.4 is 5.32 Å². The first kappa shape index (κ1) is 16.9. The standard InChI is InChI=1S/C18H18ClN3OS/c1-11-7-8-13(9-14(11)19)20-17(23)10-24-12(2)18-21-15-5-3-4-6-16(15)22-18/h3-9,12H,10H2,1-2H3,(H,20,23)(H,21,22). The molecule has 0 aliphatic rings. The summed E-state index contributed by atoms with van der Waals surface area (Å²) in [6.07, 6.45) is 0. The topological polar surface area (TPSA) is 57.8 Å². The van der Waals surface area contributed by atoms with Crippen molar-refractivity contribution in [1.82, 2.24) is 9.97 Å². The van der Waals surface area contributed by atoms with Crippen molar-refractivity contribution in [3.63, 3.8) is 0 Å². The van der Waals surface area contributed by atoms with Crippen molar-refractivity contribution < 1.29 is 4.79 Å². The van der Waals surface area contributed by atoms with Gasteiger partial charge in [0.1, 0.15) is 5.82 Å². The lowest BCUT2D eigenvalue weighted by molar-refractivity contribution is -0.113. The number of carbonyl (C=O) groups is 1. The summed E-state index contributed by atoms with van der Waals surface area (Å²) < 4.78 is 0. The van der Waals surface area contributed by atoms with E-state index in [0.717, 1.165) is 22.4 Å².